The van der Waals surface area contributed by atoms with E-state index in [1.807, 2.05) is 12.1 Å². The van der Waals surface area contributed by atoms with Crippen molar-refractivity contribution < 1.29 is 37.3 Å². The summed E-state index contributed by atoms with van der Waals surface area (Å²) >= 11 is 6.19. The molecule has 2 amide bonds. The second kappa shape index (κ2) is 12.3. The Morgan fingerprint density at radius 1 is 1.10 bits per heavy atom. The molecule has 1 heterocycles. The van der Waals surface area contributed by atoms with Crippen molar-refractivity contribution in [2.24, 2.45) is 0 Å². The fraction of sp³-hybridized carbons (Fsp3) is 0.467. The number of halogens is 4. The largest absolute Gasteiger partial charge is 0.491 e. The number of amides is 2. The fourth-order valence-corrected chi connectivity index (χ4v) is 5.00. The number of nitrogens with zero attached hydrogens (tertiary/aromatic N) is 2. The van der Waals surface area contributed by atoms with Gasteiger partial charge in [0.2, 0.25) is 0 Å². The maximum Gasteiger partial charge on any atom is 0.417 e. The number of benzene rings is 2. The van der Waals surface area contributed by atoms with E-state index in [4.69, 9.17) is 26.2 Å². The van der Waals surface area contributed by atoms with Crippen molar-refractivity contribution in [3.05, 3.63) is 69.8 Å². The van der Waals surface area contributed by atoms with E-state index in [-0.39, 0.29) is 43.8 Å². The van der Waals surface area contributed by atoms with Crippen LogP contribution in [0.4, 0.5) is 18.0 Å². The van der Waals surface area contributed by atoms with Crippen molar-refractivity contribution in [3.63, 3.8) is 0 Å². The molecule has 0 spiro atoms. The number of carbonyl (C=O) groups is 2. The lowest BCUT2D eigenvalue weighted by Gasteiger charge is -2.34. The van der Waals surface area contributed by atoms with Gasteiger partial charge in [0, 0.05) is 24.7 Å². The molecule has 1 saturated carbocycles. The predicted octanol–water partition coefficient (Wildman–Crippen LogP) is 6.32. The molecule has 0 unspecified atom stereocenters. The molecule has 7 nitrogen and oxygen atoms in total. The lowest BCUT2D eigenvalue weighted by atomic mass is 9.92. The van der Waals surface area contributed by atoms with Crippen molar-refractivity contribution >= 4 is 29.2 Å². The van der Waals surface area contributed by atoms with Crippen LogP contribution in [-0.2, 0) is 22.3 Å². The van der Waals surface area contributed by atoms with Gasteiger partial charge >= 0.3 is 12.3 Å². The molecule has 0 radical (unpaired) electrons. The second-order valence-electron chi connectivity index (χ2n) is 11.1. The predicted molar refractivity (Wildman–Crippen MR) is 148 cm³/mol. The molecule has 2 aromatic carbocycles. The Hall–Kier alpha value is -3.24. The van der Waals surface area contributed by atoms with Gasteiger partial charge in [-0.1, -0.05) is 35.9 Å². The fourth-order valence-electron chi connectivity index (χ4n) is 4.71. The molecule has 0 bridgehead atoms. The number of alkyl halides is 3. The van der Waals surface area contributed by atoms with Crippen LogP contribution in [0.3, 0.4) is 0 Å². The molecule has 41 heavy (non-hydrogen) atoms. The maximum absolute atomic E-state index is 14.2. The van der Waals surface area contributed by atoms with Crippen LogP contribution >= 0.6 is 11.6 Å². The minimum Gasteiger partial charge on any atom is -0.491 e. The van der Waals surface area contributed by atoms with Crippen molar-refractivity contribution in [2.75, 3.05) is 26.3 Å². The highest BCUT2D eigenvalue weighted by Crippen LogP contribution is 2.39. The summed E-state index contributed by atoms with van der Waals surface area (Å²) in [4.78, 5) is 30.2. The molecule has 1 fully saturated rings. The molecule has 2 aromatic rings. The molecule has 1 aliphatic carbocycles. The quantitative estimate of drug-likeness (QED) is 0.387. The van der Waals surface area contributed by atoms with Crippen molar-refractivity contribution in [3.8, 4) is 5.75 Å². The highest BCUT2D eigenvalue weighted by molar-refractivity contribution is 6.32. The molecule has 4 rings (SSSR count). The third kappa shape index (κ3) is 7.74. The van der Waals surface area contributed by atoms with Gasteiger partial charge in [-0.25, -0.2) is 4.79 Å². The lowest BCUT2D eigenvalue weighted by molar-refractivity contribution is -0.137. The lowest BCUT2D eigenvalue weighted by Crippen LogP contribution is -2.44. The second-order valence-corrected chi connectivity index (χ2v) is 11.5. The van der Waals surface area contributed by atoms with Gasteiger partial charge < -0.3 is 24.4 Å². The zero-order valence-electron chi connectivity index (χ0n) is 23.3. The van der Waals surface area contributed by atoms with Crippen molar-refractivity contribution in [2.45, 2.75) is 64.4 Å². The summed E-state index contributed by atoms with van der Waals surface area (Å²) in [6.07, 6.45) is -3.36. The van der Waals surface area contributed by atoms with Gasteiger partial charge in [0.15, 0.2) is 0 Å². The van der Waals surface area contributed by atoms with Crippen molar-refractivity contribution in [1.29, 1.82) is 0 Å². The minimum atomic E-state index is -4.62. The Balaban J connectivity index is 1.70. The highest BCUT2D eigenvalue weighted by Gasteiger charge is 2.39. The van der Waals surface area contributed by atoms with E-state index in [2.05, 4.69) is 0 Å². The minimum absolute atomic E-state index is 0.00854. The molecule has 222 valence electrons. The first-order chi connectivity index (χ1) is 19.3. The topological polar surface area (TPSA) is 79.3 Å². The molecule has 0 atom stereocenters. The van der Waals surface area contributed by atoms with E-state index in [0.717, 1.165) is 30.0 Å². The third-order valence-electron chi connectivity index (χ3n) is 6.79. The molecule has 1 aliphatic heterocycles. The number of rotatable bonds is 8. The van der Waals surface area contributed by atoms with Crippen LogP contribution in [0.5, 0.6) is 5.75 Å². The van der Waals surface area contributed by atoms with E-state index in [1.54, 1.807) is 37.8 Å². The molecule has 0 aromatic heterocycles. The van der Waals surface area contributed by atoms with E-state index in [0.29, 0.717) is 24.3 Å². The maximum atomic E-state index is 14.2. The Morgan fingerprint density at radius 3 is 2.37 bits per heavy atom. The average molecular weight is 595 g/mol. The summed E-state index contributed by atoms with van der Waals surface area (Å²) in [6.45, 7) is 5.52. The number of hydrogen-bond acceptors (Lipinski definition) is 5. The van der Waals surface area contributed by atoms with E-state index in [1.165, 1.54) is 17.0 Å². The first-order valence-electron chi connectivity index (χ1n) is 13.5. The van der Waals surface area contributed by atoms with Gasteiger partial charge in [0.25, 0.3) is 5.91 Å². The molecule has 11 heteroatoms. The van der Waals surface area contributed by atoms with Crippen LogP contribution in [0.1, 0.15) is 56.7 Å². The van der Waals surface area contributed by atoms with Crippen LogP contribution in [0.25, 0.3) is 5.57 Å². The average Bonchev–Trinajstić information content (AvgIpc) is 3.75. The summed E-state index contributed by atoms with van der Waals surface area (Å²) in [7, 11) is 0. The van der Waals surface area contributed by atoms with Gasteiger partial charge in [0.1, 0.15) is 18.0 Å². The number of hydrogen-bond donors (Lipinski definition) is 1. The van der Waals surface area contributed by atoms with E-state index in [9.17, 15) is 22.8 Å². The Labute approximate surface area is 242 Å². The van der Waals surface area contributed by atoms with E-state index >= 15 is 0 Å². The first-order valence-corrected chi connectivity index (χ1v) is 13.9. The monoisotopic (exact) mass is 594 g/mol. The SMILES string of the molecule is CC(C)(C)OC(=O)N1CCC(c2ccc(OCCO)cc2)=C(C(=O)N(Cc2cccc(C(F)(F)F)c2Cl)C2CC2)C1. The number of aliphatic hydroxyl groups excluding tert-OH is 1. The van der Waals surface area contributed by atoms with Gasteiger partial charge in [0.05, 0.1) is 23.7 Å². The van der Waals surface area contributed by atoms with Crippen LogP contribution in [0.15, 0.2) is 48.0 Å². The van der Waals surface area contributed by atoms with Gasteiger partial charge in [-0.15, -0.1) is 0 Å². The third-order valence-corrected chi connectivity index (χ3v) is 7.24. The summed E-state index contributed by atoms with van der Waals surface area (Å²) in [6, 6.07) is 10.6. The Bertz CT molecular complexity index is 1300. The van der Waals surface area contributed by atoms with Gasteiger partial charge in [-0.05, 0) is 74.9 Å². The molecule has 1 N–H and O–H groups in total. The zero-order chi connectivity index (χ0) is 29.9. The Morgan fingerprint density at radius 2 is 1.78 bits per heavy atom. The summed E-state index contributed by atoms with van der Waals surface area (Å²) in [5.41, 5.74) is 0.411. The van der Waals surface area contributed by atoms with E-state index < -0.39 is 28.5 Å². The highest BCUT2D eigenvalue weighted by atomic mass is 35.5. The van der Waals surface area contributed by atoms with Crippen molar-refractivity contribution in [1.82, 2.24) is 9.80 Å². The molecular formula is C30H34ClF3N2O5. The number of ether oxygens (including phenoxy) is 2. The van der Waals surface area contributed by atoms with Crippen LogP contribution in [0, 0.1) is 0 Å². The zero-order valence-corrected chi connectivity index (χ0v) is 24.0. The number of carbonyl (C=O) groups excluding carboxylic acids is 2. The van der Waals surface area contributed by atoms with Gasteiger partial charge in [-0.3, -0.25) is 4.79 Å². The molecular weight excluding hydrogens is 561 g/mol. The van der Waals surface area contributed by atoms with Gasteiger partial charge in [-0.2, -0.15) is 13.2 Å². The Kier molecular flexibility index (Phi) is 9.23. The van der Waals surface area contributed by atoms with Crippen LogP contribution in [-0.4, -0.2) is 64.9 Å². The van der Waals surface area contributed by atoms with Crippen LogP contribution < -0.4 is 4.74 Å². The molecule has 0 saturated heterocycles. The summed E-state index contributed by atoms with van der Waals surface area (Å²) < 4.78 is 51.6. The molecule has 2 aliphatic rings. The summed E-state index contributed by atoms with van der Waals surface area (Å²) in [5, 5.41) is 8.59. The normalized spacial score (nSPS) is 16.0. The smallest absolute Gasteiger partial charge is 0.417 e. The first kappa shape index (κ1) is 30.7. The number of aliphatic hydroxyl groups is 1. The standard InChI is InChI=1S/C30H34ClF3N2O5/c1-29(2,3)41-28(39)35-14-13-23(19-7-11-22(12-8-19)40-16-15-37)24(18-35)27(38)36(21-9-10-21)17-20-5-4-6-25(26(20)31)30(32,33)34/h4-8,11-12,21,37H,9-10,13-18H2,1-3H3. The van der Waals surface area contributed by atoms with Crippen LogP contribution in [0.2, 0.25) is 5.02 Å². The summed E-state index contributed by atoms with van der Waals surface area (Å²) in [5.74, 6) is 0.200.